The van der Waals surface area contributed by atoms with Gasteiger partial charge in [0.15, 0.2) is 0 Å². The maximum atomic E-state index is 13.1. The maximum Gasteiger partial charge on any atom is 0.417 e. The van der Waals surface area contributed by atoms with E-state index in [4.69, 9.17) is 5.26 Å². The van der Waals surface area contributed by atoms with E-state index in [0.717, 1.165) is 31.4 Å². The number of rotatable bonds is 5. The van der Waals surface area contributed by atoms with Crippen LogP contribution < -0.4 is 10.6 Å². The Morgan fingerprint density at radius 3 is 2.76 bits per heavy atom. The molecule has 6 nitrogen and oxygen atoms in total. The van der Waals surface area contributed by atoms with Crippen LogP contribution in [0.15, 0.2) is 36.5 Å². The third-order valence-corrected chi connectivity index (χ3v) is 4.91. The second-order valence-corrected chi connectivity index (χ2v) is 6.86. The largest absolute Gasteiger partial charge is 0.417 e. The van der Waals surface area contributed by atoms with Crippen LogP contribution in [0, 0.1) is 17.2 Å². The van der Waals surface area contributed by atoms with Crippen molar-refractivity contribution in [2.45, 2.75) is 31.5 Å². The Balaban J connectivity index is 1.77. The number of pyridine rings is 1. The number of aromatic nitrogens is 1. The molecule has 1 saturated carbocycles. The van der Waals surface area contributed by atoms with Crippen molar-refractivity contribution in [3.05, 3.63) is 53.2 Å². The summed E-state index contributed by atoms with van der Waals surface area (Å²) in [6, 6.07) is 7.53. The predicted molar refractivity (Wildman–Crippen MR) is 100 cm³/mol. The van der Waals surface area contributed by atoms with Crippen LogP contribution >= 0.6 is 0 Å². The molecule has 9 heteroatoms. The van der Waals surface area contributed by atoms with Crippen LogP contribution in [0.25, 0.3) is 0 Å². The van der Waals surface area contributed by atoms with Gasteiger partial charge in [-0.15, -0.1) is 0 Å². The van der Waals surface area contributed by atoms with Gasteiger partial charge in [-0.1, -0.05) is 6.42 Å². The van der Waals surface area contributed by atoms with Crippen LogP contribution in [0.5, 0.6) is 0 Å². The zero-order chi connectivity index (χ0) is 21.0. The fourth-order valence-corrected chi connectivity index (χ4v) is 3.36. The molecule has 3 N–H and O–H groups in total. The highest BCUT2D eigenvalue weighted by atomic mass is 19.4. The Kier molecular flexibility index (Phi) is 6.03. The lowest BCUT2D eigenvalue weighted by Crippen LogP contribution is -2.24. The van der Waals surface area contributed by atoms with Gasteiger partial charge in [0.05, 0.1) is 28.9 Å². The third-order valence-electron chi connectivity index (χ3n) is 4.91. The van der Waals surface area contributed by atoms with E-state index in [1.165, 1.54) is 24.4 Å². The molecule has 1 amide bonds. The molecule has 1 aliphatic rings. The van der Waals surface area contributed by atoms with Gasteiger partial charge in [-0.3, -0.25) is 4.79 Å². The molecule has 1 aromatic carbocycles. The number of carbonyl (C=O) groups excluding carboxylic acids is 1. The fourth-order valence-electron chi connectivity index (χ4n) is 3.36. The monoisotopic (exact) mass is 404 g/mol. The van der Waals surface area contributed by atoms with E-state index < -0.39 is 29.3 Å². The van der Waals surface area contributed by atoms with Crippen LogP contribution in [0.3, 0.4) is 0 Å². The van der Waals surface area contributed by atoms with Gasteiger partial charge in [-0.2, -0.15) is 18.4 Å². The number of hydrogen-bond acceptors (Lipinski definition) is 5. The maximum absolute atomic E-state index is 13.1. The summed E-state index contributed by atoms with van der Waals surface area (Å²) in [7, 11) is 0. The molecule has 2 atom stereocenters. The van der Waals surface area contributed by atoms with Crippen LogP contribution in [0.4, 0.5) is 24.7 Å². The molecule has 2 aromatic rings. The molecule has 0 unspecified atom stereocenters. The van der Waals surface area contributed by atoms with E-state index in [-0.39, 0.29) is 23.0 Å². The molecule has 1 fully saturated rings. The summed E-state index contributed by atoms with van der Waals surface area (Å²) in [6.45, 7) is 0.438. The van der Waals surface area contributed by atoms with E-state index >= 15 is 0 Å². The Labute approximate surface area is 165 Å². The van der Waals surface area contributed by atoms with Gasteiger partial charge in [-0.25, -0.2) is 4.98 Å². The van der Waals surface area contributed by atoms with Gasteiger partial charge >= 0.3 is 6.18 Å². The number of aliphatic hydroxyl groups excluding tert-OH is 1. The summed E-state index contributed by atoms with van der Waals surface area (Å²) in [5.41, 5.74) is -1.55. The third kappa shape index (κ3) is 4.84. The Hall–Kier alpha value is -3.12. The number of nitrogens with one attached hydrogen (secondary N) is 2. The number of benzene rings is 1. The van der Waals surface area contributed by atoms with Crippen molar-refractivity contribution in [3.63, 3.8) is 0 Å². The number of alkyl halides is 3. The van der Waals surface area contributed by atoms with E-state index in [1.807, 2.05) is 0 Å². The van der Waals surface area contributed by atoms with Gasteiger partial charge < -0.3 is 15.7 Å². The molecule has 0 saturated heterocycles. The Morgan fingerprint density at radius 1 is 1.31 bits per heavy atom. The minimum absolute atomic E-state index is 0.0563. The number of amides is 1. The van der Waals surface area contributed by atoms with Crippen molar-refractivity contribution in [1.29, 1.82) is 5.26 Å². The van der Waals surface area contributed by atoms with Crippen LogP contribution in [-0.2, 0) is 6.18 Å². The number of halogens is 3. The van der Waals surface area contributed by atoms with Crippen molar-refractivity contribution in [1.82, 2.24) is 4.98 Å². The highest BCUT2D eigenvalue weighted by molar-refractivity contribution is 6.07. The van der Waals surface area contributed by atoms with Gasteiger partial charge in [0.25, 0.3) is 5.91 Å². The molecule has 1 heterocycles. The Bertz CT molecular complexity index is 940. The van der Waals surface area contributed by atoms with Gasteiger partial charge in [0.1, 0.15) is 5.82 Å². The lowest BCUT2D eigenvalue weighted by atomic mass is 10.1. The number of hydrogen-bond donors (Lipinski definition) is 3. The topological polar surface area (TPSA) is 98.0 Å². The van der Waals surface area contributed by atoms with Gasteiger partial charge in [-0.05, 0) is 43.2 Å². The number of nitrogens with zero attached hydrogens (tertiary/aromatic N) is 2. The standard InChI is InChI=1S/C20H19F3N4O2/c21-20(22,23)16-9-14(7-6-12(16)10-24)27-19(29)15-4-2-8-25-18(15)26-11-13-3-1-5-17(13)28/h2,4,6-9,13,17,28H,1,3,5,11H2,(H,25,26)(H,27,29)/t13-,17+/m0/s1. The predicted octanol–water partition coefficient (Wildman–Crippen LogP) is 3.80. The molecule has 0 radical (unpaired) electrons. The average molecular weight is 404 g/mol. The summed E-state index contributed by atoms with van der Waals surface area (Å²) >= 11 is 0. The number of carbonyl (C=O) groups is 1. The zero-order valence-corrected chi connectivity index (χ0v) is 15.3. The average Bonchev–Trinajstić information content (AvgIpc) is 3.10. The van der Waals surface area contributed by atoms with Crippen molar-refractivity contribution in [2.75, 3.05) is 17.2 Å². The fraction of sp³-hybridized carbons (Fsp3) is 0.350. The normalized spacial score (nSPS) is 18.9. The van der Waals surface area contributed by atoms with E-state index in [9.17, 15) is 23.1 Å². The second-order valence-electron chi connectivity index (χ2n) is 6.86. The first-order valence-electron chi connectivity index (χ1n) is 9.09. The van der Waals surface area contributed by atoms with Crippen molar-refractivity contribution < 1.29 is 23.1 Å². The summed E-state index contributed by atoms with van der Waals surface area (Å²) in [5, 5.41) is 24.3. The van der Waals surface area contributed by atoms with Crippen LogP contribution in [0.2, 0.25) is 0 Å². The molecule has 152 valence electrons. The first-order valence-corrected chi connectivity index (χ1v) is 9.09. The molecule has 3 rings (SSSR count). The van der Waals surface area contributed by atoms with Crippen LogP contribution in [-0.4, -0.2) is 28.6 Å². The SMILES string of the molecule is N#Cc1ccc(NC(=O)c2cccnc2NC[C@@H]2CCC[C@H]2O)cc1C(F)(F)F. The van der Waals surface area contributed by atoms with E-state index in [1.54, 1.807) is 6.07 Å². The first-order chi connectivity index (χ1) is 13.8. The Morgan fingerprint density at radius 2 is 2.10 bits per heavy atom. The molecule has 1 aromatic heterocycles. The van der Waals surface area contributed by atoms with E-state index in [0.29, 0.717) is 6.54 Å². The molecule has 0 aliphatic heterocycles. The highest BCUT2D eigenvalue weighted by Crippen LogP contribution is 2.33. The molecule has 1 aliphatic carbocycles. The number of aliphatic hydroxyl groups is 1. The van der Waals surface area contributed by atoms with Gasteiger partial charge in [0.2, 0.25) is 0 Å². The molecular formula is C20H19F3N4O2. The summed E-state index contributed by atoms with van der Waals surface area (Å²) in [4.78, 5) is 16.8. The minimum Gasteiger partial charge on any atom is -0.393 e. The van der Waals surface area contributed by atoms with Gasteiger partial charge in [0, 0.05) is 24.3 Å². The lowest BCUT2D eigenvalue weighted by Gasteiger charge is -2.17. The summed E-state index contributed by atoms with van der Waals surface area (Å²) < 4.78 is 39.3. The van der Waals surface area contributed by atoms with Crippen LogP contribution in [0.1, 0.15) is 40.7 Å². The summed E-state index contributed by atoms with van der Waals surface area (Å²) in [6.07, 6.45) is -1.08. The van der Waals surface area contributed by atoms with E-state index in [2.05, 4.69) is 15.6 Å². The smallest absolute Gasteiger partial charge is 0.393 e. The van der Waals surface area contributed by atoms with Crippen molar-refractivity contribution in [3.8, 4) is 6.07 Å². The quantitative estimate of drug-likeness (QED) is 0.704. The highest BCUT2D eigenvalue weighted by Gasteiger charge is 2.34. The first kappa shape index (κ1) is 20.6. The lowest BCUT2D eigenvalue weighted by molar-refractivity contribution is -0.137. The number of anilines is 2. The number of nitriles is 1. The zero-order valence-electron chi connectivity index (χ0n) is 15.3. The molecule has 0 spiro atoms. The minimum atomic E-state index is -4.71. The van der Waals surface area contributed by atoms with Crippen molar-refractivity contribution in [2.24, 2.45) is 5.92 Å². The molecule has 0 bridgehead atoms. The second kappa shape index (κ2) is 8.49. The molecular weight excluding hydrogens is 385 g/mol. The van der Waals surface area contributed by atoms with Crippen molar-refractivity contribution >= 4 is 17.4 Å². The summed E-state index contributed by atoms with van der Waals surface area (Å²) in [5.74, 6) is -0.292. The molecule has 29 heavy (non-hydrogen) atoms.